The molecule has 1 atom stereocenters. The molecule has 1 fully saturated rings. The summed E-state index contributed by atoms with van der Waals surface area (Å²) >= 11 is 5.98. The van der Waals surface area contributed by atoms with Crippen LogP contribution in [0.4, 0.5) is 18.9 Å². The van der Waals surface area contributed by atoms with Crippen LogP contribution in [0.2, 0.25) is 5.02 Å². The first kappa shape index (κ1) is 36.6. The van der Waals surface area contributed by atoms with E-state index < -0.39 is 23.2 Å². The van der Waals surface area contributed by atoms with Crippen LogP contribution in [0, 0.1) is 17.0 Å². The molecule has 5 rings (SSSR count). The van der Waals surface area contributed by atoms with Crippen molar-refractivity contribution in [3.63, 3.8) is 0 Å². The molecule has 0 aliphatic carbocycles. The van der Waals surface area contributed by atoms with E-state index in [0.29, 0.717) is 29.4 Å². The molecule has 1 N–H and O–H groups in total. The van der Waals surface area contributed by atoms with E-state index in [2.05, 4.69) is 6.92 Å². The van der Waals surface area contributed by atoms with Gasteiger partial charge in [0, 0.05) is 94.0 Å². The summed E-state index contributed by atoms with van der Waals surface area (Å²) in [5, 5.41) is 23.5. The molecular weight excluding hydrogens is 705 g/mol. The van der Waals surface area contributed by atoms with Gasteiger partial charge in [-0.25, -0.2) is 0 Å². The molecule has 246 valence electrons. The number of non-ortho nitro benzene ring substituents is 1. The number of fused-ring (bicyclic) bond motifs is 1. The van der Waals surface area contributed by atoms with E-state index in [1.165, 1.54) is 30.0 Å². The van der Waals surface area contributed by atoms with Gasteiger partial charge in [0.25, 0.3) is 5.69 Å². The smallest absolute Gasteiger partial charge is 0.422 e. The summed E-state index contributed by atoms with van der Waals surface area (Å²) in [6.07, 6.45) is -3.17. The van der Waals surface area contributed by atoms with E-state index in [0.717, 1.165) is 17.2 Å². The van der Waals surface area contributed by atoms with Crippen LogP contribution in [0.3, 0.4) is 0 Å². The number of methoxy groups -OCH3 is 1. The van der Waals surface area contributed by atoms with Crippen molar-refractivity contribution in [3.05, 3.63) is 106 Å². The first-order valence-corrected chi connectivity index (χ1v) is 14.0. The summed E-state index contributed by atoms with van der Waals surface area (Å²) < 4.78 is 57.3. The number of rotatable bonds is 9. The van der Waals surface area contributed by atoms with Crippen LogP contribution in [0.15, 0.2) is 66.9 Å². The van der Waals surface area contributed by atoms with Crippen LogP contribution in [0.1, 0.15) is 29.5 Å². The average molecular weight is 735 g/mol. The second-order valence-electron chi connectivity index (χ2n) is 10.7. The van der Waals surface area contributed by atoms with Crippen molar-refractivity contribution in [1.82, 2.24) is 9.47 Å². The number of halogens is 4. The minimum Gasteiger partial charge on any atom is -0.506 e. The van der Waals surface area contributed by atoms with Crippen molar-refractivity contribution < 1.29 is 66.2 Å². The van der Waals surface area contributed by atoms with Crippen LogP contribution in [-0.2, 0) is 45.7 Å². The minimum absolute atomic E-state index is 0. The van der Waals surface area contributed by atoms with Crippen molar-refractivity contribution in [3.8, 4) is 11.5 Å². The molecule has 0 spiro atoms. The van der Waals surface area contributed by atoms with E-state index in [4.69, 9.17) is 21.1 Å². The number of aliphatic hydroxyl groups is 1. The number of aromatic nitrogens is 1. The largest absolute Gasteiger partial charge is 0.506 e. The summed E-state index contributed by atoms with van der Waals surface area (Å²) in [4.78, 5) is 12.5. The molecule has 8 nitrogen and oxygen atoms in total. The molecule has 1 unspecified atom stereocenters. The van der Waals surface area contributed by atoms with Gasteiger partial charge in [-0.3, -0.25) is 15.0 Å². The Morgan fingerprint density at radius 3 is 2.31 bits per heavy atom. The fraction of sp³-hybridized carbons (Fsp3) is 0.323. The van der Waals surface area contributed by atoms with Gasteiger partial charge in [-0.15, -0.1) is 6.07 Å². The standard InChI is InChI=1S/C31H30ClF3N3O5.2Co/c1-20-3-10-28(29(15-20)42-2)43-24-11-13-36(14-12-24)19-30(39,31(33,34)35)26-18-37(17-21-4-6-22(32)7-5-21)27-16-23(38(40)41)8-9-25(26)27;;/h3-10,15-16,18,24,39H,1,11-14,17,19H2,2H3;;/q-1;;. The Balaban J connectivity index is 0.00000276. The third-order valence-electron chi connectivity index (χ3n) is 7.77. The third-order valence-corrected chi connectivity index (χ3v) is 8.02. The Kier molecular flexibility index (Phi) is 11.9. The minimum atomic E-state index is -5.04. The van der Waals surface area contributed by atoms with E-state index in [9.17, 15) is 28.4 Å². The van der Waals surface area contributed by atoms with Crippen molar-refractivity contribution in [1.29, 1.82) is 0 Å². The number of hydrogen-bond donors (Lipinski definition) is 1. The van der Waals surface area contributed by atoms with Crippen LogP contribution in [-0.4, -0.2) is 58.5 Å². The fourth-order valence-corrected chi connectivity index (χ4v) is 5.59. The number of ether oxygens (including phenoxy) is 2. The molecule has 2 radical (unpaired) electrons. The third kappa shape index (κ3) is 7.91. The zero-order valence-corrected chi connectivity index (χ0v) is 26.8. The molecule has 2 heterocycles. The number of β-amino-alcohol motifs (C(OH)–C–C–N with tert-alkyl or cyclic N) is 1. The van der Waals surface area contributed by atoms with Gasteiger partial charge >= 0.3 is 6.18 Å². The molecule has 3 aromatic carbocycles. The van der Waals surface area contributed by atoms with Crippen molar-refractivity contribution in [2.24, 2.45) is 0 Å². The molecule has 0 amide bonds. The van der Waals surface area contributed by atoms with Crippen LogP contribution < -0.4 is 9.47 Å². The van der Waals surface area contributed by atoms with Gasteiger partial charge < -0.3 is 19.1 Å². The van der Waals surface area contributed by atoms with Crippen LogP contribution in [0.5, 0.6) is 11.5 Å². The predicted octanol–water partition coefficient (Wildman–Crippen LogP) is 6.73. The number of alkyl halides is 3. The van der Waals surface area contributed by atoms with E-state index >= 15 is 0 Å². The molecule has 0 bridgehead atoms. The first-order valence-electron chi connectivity index (χ1n) is 13.6. The van der Waals surface area contributed by atoms with Crippen molar-refractivity contribution in [2.75, 3.05) is 26.7 Å². The SMILES string of the molecule is [CH2-]c1ccc(OC2CCN(CC(O)(c3cn(Cc4ccc(Cl)cc4)c4cc([N+](=O)[O-])ccc34)C(F)(F)F)CC2)c(OC)c1.[Co].[Co]. The fourth-order valence-electron chi connectivity index (χ4n) is 5.47. The van der Waals surface area contributed by atoms with Crippen molar-refractivity contribution >= 4 is 28.2 Å². The topological polar surface area (TPSA) is 90.0 Å². The summed E-state index contributed by atoms with van der Waals surface area (Å²) in [5.41, 5.74) is -2.19. The molecule has 1 aliphatic rings. The number of piperidine rings is 1. The molecule has 1 aromatic heterocycles. The molecule has 1 saturated heterocycles. The Labute approximate surface area is 284 Å². The maximum absolute atomic E-state index is 14.8. The van der Waals surface area contributed by atoms with Gasteiger partial charge in [0.05, 0.1) is 17.5 Å². The first-order chi connectivity index (χ1) is 20.4. The summed E-state index contributed by atoms with van der Waals surface area (Å²) in [5.74, 6) is 1.05. The molecule has 0 saturated carbocycles. The normalized spacial score (nSPS) is 15.5. The average Bonchev–Trinajstić information content (AvgIpc) is 3.33. The van der Waals surface area contributed by atoms with E-state index in [1.807, 2.05) is 0 Å². The predicted molar refractivity (Wildman–Crippen MR) is 157 cm³/mol. The zero-order chi connectivity index (χ0) is 30.9. The van der Waals surface area contributed by atoms with E-state index in [1.54, 1.807) is 47.4 Å². The number of hydrogen-bond acceptors (Lipinski definition) is 6. The zero-order valence-electron chi connectivity index (χ0n) is 24.0. The molecule has 14 heteroatoms. The van der Waals surface area contributed by atoms with Crippen LogP contribution in [0.25, 0.3) is 10.9 Å². The van der Waals surface area contributed by atoms with Crippen molar-refractivity contribution in [2.45, 2.75) is 37.3 Å². The second kappa shape index (κ2) is 14.7. The van der Waals surface area contributed by atoms with E-state index in [-0.39, 0.29) is 81.4 Å². The molecule has 1 aliphatic heterocycles. The second-order valence-corrected chi connectivity index (χ2v) is 11.1. The quantitative estimate of drug-likeness (QED) is 0.117. The number of nitro benzene ring substituents is 1. The Bertz CT molecular complexity index is 1630. The van der Waals surface area contributed by atoms with Gasteiger partial charge in [0.2, 0.25) is 5.60 Å². The van der Waals surface area contributed by atoms with Gasteiger partial charge in [0.1, 0.15) is 17.6 Å². The van der Waals surface area contributed by atoms with Crippen LogP contribution >= 0.6 is 11.6 Å². The Morgan fingerprint density at radius 2 is 1.71 bits per heavy atom. The summed E-state index contributed by atoms with van der Waals surface area (Å²) in [6.45, 7) is 3.79. The summed E-state index contributed by atoms with van der Waals surface area (Å²) in [6, 6.07) is 15.7. The van der Waals surface area contributed by atoms with Gasteiger partial charge in [-0.1, -0.05) is 29.8 Å². The Morgan fingerprint density at radius 1 is 1.04 bits per heavy atom. The molecule has 4 aromatic rings. The number of likely N-dealkylation sites (tertiary alicyclic amines) is 1. The maximum atomic E-state index is 14.8. The summed E-state index contributed by atoms with van der Waals surface area (Å²) in [7, 11) is 1.52. The van der Waals surface area contributed by atoms with Gasteiger partial charge in [0.15, 0.2) is 0 Å². The number of nitro groups is 1. The van der Waals surface area contributed by atoms with Gasteiger partial charge in [-0.05, 0) is 36.6 Å². The molecular formula is C31H30ClCo2F3N3O5-. The monoisotopic (exact) mass is 734 g/mol. The Hall–Kier alpha value is -2.92. The number of benzene rings is 3. The number of nitrogens with zero attached hydrogens (tertiary/aromatic N) is 3. The molecule has 45 heavy (non-hydrogen) atoms. The van der Waals surface area contributed by atoms with Gasteiger partial charge in [-0.2, -0.15) is 31.7 Å². The maximum Gasteiger partial charge on any atom is 0.422 e.